The van der Waals surface area contributed by atoms with E-state index in [0.717, 1.165) is 22.2 Å². The molecule has 0 saturated heterocycles. The third-order valence-corrected chi connectivity index (χ3v) is 6.78. The molecule has 3 unspecified atom stereocenters. The van der Waals surface area contributed by atoms with E-state index in [1.165, 1.54) is 6.33 Å². The van der Waals surface area contributed by atoms with Crippen LogP contribution in [0, 0.1) is 5.92 Å². The van der Waals surface area contributed by atoms with Crippen molar-refractivity contribution >= 4 is 22.5 Å². The van der Waals surface area contributed by atoms with Gasteiger partial charge in [0.2, 0.25) is 0 Å². The fourth-order valence-electron chi connectivity index (χ4n) is 5.14. The Bertz CT molecular complexity index is 1350. The molecule has 7 heteroatoms. The minimum absolute atomic E-state index is 0.122. The van der Waals surface area contributed by atoms with Crippen LogP contribution in [-0.2, 0) is 5.54 Å². The topological polar surface area (TPSA) is 103 Å². The molecule has 0 aliphatic heterocycles. The molecule has 32 heavy (non-hydrogen) atoms. The van der Waals surface area contributed by atoms with Crippen LogP contribution in [0.1, 0.15) is 6.42 Å². The number of hydrogen-bond donors (Lipinski definition) is 4. The van der Waals surface area contributed by atoms with Gasteiger partial charge in [-0.05, 0) is 24.1 Å². The standard InChI is InChI=1S/C25H22N4O3/c30-13-18-19-11-25(19,22(32)21(18)31)29-12-17(15-7-3-1-4-8-15)20-23(26-14-27-24(20)29)28-16-9-5-2-6-10-16/h1-10,12,14,19,22,30-32H,11,13H2,(H,26,27,28). The first-order valence-electron chi connectivity index (χ1n) is 10.6. The summed E-state index contributed by atoms with van der Waals surface area (Å²) in [5.74, 6) is 0.422. The molecule has 160 valence electrons. The number of rotatable bonds is 5. The third kappa shape index (κ3) is 2.55. The molecule has 3 atom stereocenters. The first-order valence-corrected chi connectivity index (χ1v) is 10.6. The molecule has 0 spiro atoms. The van der Waals surface area contributed by atoms with Gasteiger partial charge in [0.15, 0.2) is 0 Å². The number of anilines is 2. The highest BCUT2D eigenvalue weighted by atomic mass is 16.3. The van der Waals surface area contributed by atoms with E-state index in [9.17, 15) is 15.3 Å². The van der Waals surface area contributed by atoms with Crippen molar-refractivity contribution in [3.8, 4) is 11.1 Å². The number of benzene rings is 2. The maximum atomic E-state index is 11.0. The number of aliphatic hydroxyl groups excluding tert-OH is 3. The SMILES string of the molecule is OCC1=C(O)C(O)C2(n3cc(-c4ccccc4)c4c(Nc5ccccc5)ncnc43)CC12. The summed E-state index contributed by atoms with van der Waals surface area (Å²) < 4.78 is 1.97. The van der Waals surface area contributed by atoms with Gasteiger partial charge in [-0.2, -0.15) is 0 Å². The molecule has 2 aliphatic rings. The number of nitrogens with zero attached hydrogens (tertiary/aromatic N) is 3. The van der Waals surface area contributed by atoms with Gasteiger partial charge in [-0.25, -0.2) is 9.97 Å². The number of fused-ring (bicyclic) bond motifs is 2. The van der Waals surface area contributed by atoms with Crippen LogP contribution in [0.5, 0.6) is 0 Å². The van der Waals surface area contributed by atoms with E-state index in [1.54, 1.807) is 0 Å². The number of para-hydroxylation sites is 1. The normalized spacial score (nSPS) is 24.1. The highest BCUT2D eigenvalue weighted by Crippen LogP contribution is 2.64. The quantitative estimate of drug-likeness (QED) is 0.388. The van der Waals surface area contributed by atoms with Crippen LogP contribution in [0.25, 0.3) is 22.2 Å². The minimum atomic E-state index is -1.09. The van der Waals surface area contributed by atoms with E-state index in [1.807, 2.05) is 71.4 Å². The average Bonchev–Trinajstić information content (AvgIpc) is 3.37. The highest BCUT2D eigenvalue weighted by Gasteiger charge is 2.68. The zero-order valence-corrected chi connectivity index (χ0v) is 17.2. The summed E-state index contributed by atoms with van der Waals surface area (Å²) in [6.07, 6.45) is 3.04. The lowest BCUT2D eigenvalue weighted by Gasteiger charge is -2.21. The van der Waals surface area contributed by atoms with Crippen LogP contribution in [-0.4, -0.2) is 42.6 Å². The minimum Gasteiger partial charge on any atom is -0.509 e. The summed E-state index contributed by atoms with van der Waals surface area (Å²) in [5.41, 5.74) is 3.28. The molecule has 2 aromatic carbocycles. The van der Waals surface area contributed by atoms with Gasteiger partial charge in [0.1, 0.15) is 29.7 Å². The highest BCUT2D eigenvalue weighted by molar-refractivity contribution is 6.02. The van der Waals surface area contributed by atoms with Gasteiger partial charge in [-0.15, -0.1) is 0 Å². The first-order chi connectivity index (χ1) is 15.6. The molecule has 4 N–H and O–H groups in total. The Labute approximate surface area is 184 Å². The zero-order valence-electron chi connectivity index (χ0n) is 17.2. The first kappa shape index (κ1) is 19.0. The van der Waals surface area contributed by atoms with Gasteiger partial charge in [0.05, 0.1) is 17.5 Å². The van der Waals surface area contributed by atoms with Crippen molar-refractivity contribution in [2.75, 3.05) is 11.9 Å². The second kappa shape index (κ2) is 6.91. The maximum absolute atomic E-state index is 11.0. The molecule has 0 bridgehead atoms. The fraction of sp³-hybridized carbons (Fsp3) is 0.200. The second-order valence-corrected chi connectivity index (χ2v) is 8.41. The molecule has 6 rings (SSSR count). The monoisotopic (exact) mass is 426 g/mol. The van der Waals surface area contributed by atoms with Crippen LogP contribution in [0.3, 0.4) is 0 Å². The molecule has 2 aliphatic carbocycles. The Hall–Kier alpha value is -3.68. The van der Waals surface area contributed by atoms with Crippen LogP contribution in [0.4, 0.5) is 11.5 Å². The summed E-state index contributed by atoms with van der Waals surface area (Å²) in [6, 6.07) is 19.8. The summed E-state index contributed by atoms with van der Waals surface area (Å²) in [7, 11) is 0. The Kier molecular flexibility index (Phi) is 4.11. The van der Waals surface area contributed by atoms with E-state index in [-0.39, 0.29) is 18.3 Å². The maximum Gasteiger partial charge on any atom is 0.146 e. The third-order valence-electron chi connectivity index (χ3n) is 6.78. The van der Waals surface area contributed by atoms with Crippen molar-refractivity contribution in [1.29, 1.82) is 0 Å². The van der Waals surface area contributed by atoms with E-state index in [0.29, 0.717) is 23.5 Å². The lowest BCUT2D eigenvalue weighted by atomic mass is 10.1. The van der Waals surface area contributed by atoms with Crippen LogP contribution in [0.2, 0.25) is 0 Å². The molecule has 1 fully saturated rings. The summed E-state index contributed by atoms with van der Waals surface area (Å²) in [6.45, 7) is -0.268. The molecular weight excluding hydrogens is 404 g/mol. The fourth-order valence-corrected chi connectivity index (χ4v) is 5.14. The second-order valence-electron chi connectivity index (χ2n) is 8.41. The van der Waals surface area contributed by atoms with Gasteiger partial charge in [0.25, 0.3) is 0 Å². The van der Waals surface area contributed by atoms with E-state index < -0.39 is 11.6 Å². The van der Waals surface area contributed by atoms with Crippen LogP contribution >= 0.6 is 0 Å². The number of nitrogens with one attached hydrogen (secondary N) is 1. The predicted octanol–water partition coefficient (Wildman–Crippen LogP) is 3.74. The summed E-state index contributed by atoms with van der Waals surface area (Å²) in [5, 5.41) is 35.4. The zero-order chi connectivity index (χ0) is 21.9. The molecule has 0 amide bonds. The largest absolute Gasteiger partial charge is 0.509 e. The average molecular weight is 426 g/mol. The van der Waals surface area contributed by atoms with Crippen molar-refractivity contribution < 1.29 is 15.3 Å². The van der Waals surface area contributed by atoms with Crippen LogP contribution < -0.4 is 5.32 Å². The van der Waals surface area contributed by atoms with E-state index in [4.69, 9.17) is 0 Å². The summed E-state index contributed by atoms with van der Waals surface area (Å²) in [4.78, 5) is 9.13. The van der Waals surface area contributed by atoms with Gasteiger partial charge in [0, 0.05) is 28.9 Å². The Balaban J connectivity index is 1.57. The van der Waals surface area contributed by atoms with Crippen molar-refractivity contribution in [2.45, 2.75) is 18.1 Å². The number of aromatic nitrogens is 3. The Morgan fingerprint density at radius 3 is 2.44 bits per heavy atom. The van der Waals surface area contributed by atoms with E-state index in [2.05, 4.69) is 15.3 Å². The Morgan fingerprint density at radius 2 is 1.75 bits per heavy atom. The smallest absolute Gasteiger partial charge is 0.146 e. The van der Waals surface area contributed by atoms with Gasteiger partial charge in [-0.3, -0.25) is 0 Å². The molecule has 0 radical (unpaired) electrons. The Morgan fingerprint density at radius 1 is 1.03 bits per heavy atom. The molecule has 1 saturated carbocycles. The van der Waals surface area contributed by atoms with Gasteiger partial charge >= 0.3 is 0 Å². The number of hydrogen-bond acceptors (Lipinski definition) is 6. The molecule has 2 heterocycles. The number of aliphatic hydroxyl groups is 3. The molecule has 7 nitrogen and oxygen atoms in total. The lowest BCUT2D eigenvalue weighted by molar-refractivity contribution is 0.0960. The van der Waals surface area contributed by atoms with Crippen molar-refractivity contribution in [3.63, 3.8) is 0 Å². The molecule has 2 aromatic heterocycles. The van der Waals surface area contributed by atoms with Crippen LogP contribution in [0.15, 0.2) is 84.5 Å². The summed E-state index contributed by atoms with van der Waals surface area (Å²) >= 11 is 0. The van der Waals surface area contributed by atoms with Gasteiger partial charge < -0.3 is 25.2 Å². The predicted molar refractivity (Wildman–Crippen MR) is 122 cm³/mol. The van der Waals surface area contributed by atoms with Crippen molar-refractivity contribution in [1.82, 2.24) is 14.5 Å². The lowest BCUT2D eigenvalue weighted by Crippen LogP contribution is -2.32. The van der Waals surface area contributed by atoms with Crippen molar-refractivity contribution in [3.05, 3.63) is 84.5 Å². The molecule has 4 aromatic rings. The van der Waals surface area contributed by atoms with E-state index >= 15 is 0 Å². The van der Waals surface area contributed by atoms with Crippen molar-refractivity contribution in [2.24, 2.45) is 5.92 Å². The molecular formula is C25H22N4O3. The van der Waals surface area contributed by atoms with Gasteiger partial charge in [-0.1, -0.05) is 48.5 Å².